The maximum Gasteiger partial charge on any atom is 0.266 e. The summed E-state index contributed by atoms with van der Waals surface area (Å²) in [5, 5.41) is 4.53. The first kappa shape index (κ1) is 20.6. The number of imidazole rings is 1. The van der Waals surface area contributed by atoms with Crippen molar-refractivity contribution in [2.24, 2.45) is 0 Å². The first-order valence-electron chi connectivity index (χ1n) is 11.2. The number of benzene rings is 1. The van der Waals surface area contributed by atoms with Crippen LogP contribution in [0.1, 0.15) is 31.2 Å². The van der Waals surface area contributed by atoms with E-state index < -0.39 is 5.41 Å². The molecule has 5 rings (SSSR count). The standard InChI is InChI=1S/C24H27N5O3/c30-22-9-8-21(27-14-12-25-18-27)26-29(22)17-20-7-4-13-28(20)23(31)24(10-15-32-16-11-24)19-5-2-1-3-6-19/h1-3,5-6,8-9,12,14,18,20H,4,7,10-11,13,15-17H2. The van der Waals surface area contributed by atoms with Gasteiger partial charge in [-0.05, 0) is 37.3 Å². The molecule has 8 nitrogen and oxygen atoms in total. The Bertz CT molecular complexity index is 1120. The summed E-state index contributed by atoms with van der Waals surface area (Å²) in [6.45, 7) is 2.24. The van der Waals surface area contributed by atoms with Crippen molar-refractivity contribution in [3.8, 4) is 5.82 Å². The Kier molecular flexibility index (Phi) is 5.61. The number of carbonyl (C=O) groups is 1. The third-order valence-corrected chi connectivity index (χ3v) is 6.73. The van der Waals surface area contributed by atoms with Crippen LogP contribution in [0.2, 0.25) is 0 Å². The number of nitrogens with zero attached hydrogens (tertiary/aromatic N) is 5. The number of likely N-dealkylation sites (tertiary alicyclic amines) is 1. The van der Waals surface area contributed by atoms with Gasteiger partial charge in [0.25, 0.3) is 5.56 Å². The Hall–Kier alpha value is -3.26. The third kappa shape index (κ3) is 3.75. The summed E-state index contributed by atoms with van der Waals surface area (Å²) in [5.74, 6) is 0.775. The smallest absolute Gasteiger partial charge is 0.266 e. The van der Waals surface area contributed by atoms with Crippen LogP contribution < -0.4 is 5.56 Å². The highest BCUT2D eigenvalue weighted by molar-refractivity contribution is 5.89. The van der Waals surface area contributed by atoms with Crippen molar-refractivity contribution in [2.75, 3.05) is 19.8 Å². The van der Waals surface area contributed by atoms with E-state index in [1.165, 1.54) is 10.7 Å². The molecule has 0 spiro atoms. The van der Waals surface area contributed by atoms with Crippen LogP contribution >= 0.6 is 0 Å². The Morgan fingerprint density at radius 2 is 1.94 bits per heavy atom. The Morgan fingerprint density at radius 3 is 2.69 bits per heavy atom. The fourth-order valence-electron chi connectivity index (χ4n) is 4.97. The second-order valence-corrected chi connectivity index (χ2v) is 8.54. The monoisotopic (exact) mass is 433 g/mol. The predicted octanol–water partition coefficient (Wildman–Crippen LogP) is 2.17. The minimum Gasteiger partial charge on any atom is -0.381 e. The van der Waals surface area contributed by atoms with Gasteiger partial charge in [0, 0.05) is 38.2 Å². The lowest BCUT2D eigenvalue weighted by Gasteiger charge is -2.40. The molecular formula is C24H27N5O3. The first-order chi connectivity index (χ1) is 15.7. The molecule has 1 atom stereocenters. The fraction of sp³-hybridized carbons (Fsp3) is 0.417. The van der Waals surface area contributed by atoms with E-state index in [9.17, 15) is 9.59 Å². The summed E-state index contributed by atoms with van der Waals surface area (Å²) < 4.78 is 8.85. The largest absolute Gasteiger partial charge is 0.381 e. The molecular weight excluding hydrogens is 406 g/mol. The van der Waals surface area contributed by atoms with Crippen LogP contribution in [0.5, 0.6) is 0 Å². The van der Waals surface area contributed by atoms with Crippen LogP contribution in [0.25, 0.3) is 5.82 Å². The highest BCUT2D eigenvalue weighted by atomic mass is 16.5. The van der Waals surface area contributed by atoms with Crippen molar-refractivity contribution in [3.63, 3.8) is 0 Å². The topological polar surface area (TPSA) is 82.3 Å². The van der Waals surface area contributed by atoms with Gasteiger partial charge in [-0.25, -0.2) is 9.67 Å². The van der Waals surface area contributed by atoms with E-state index in [-0.39, 0.29) is 17.5 Å². The second-order valence-electron chi connectivity index (χ2n) is 8.54. The number of hydrogen-bond donors (Lipinski definition) is 0. The number of aromatic nitrogens is 4. The maximum atomic E-state index is 14.0. The van der Waals surface area contributed by atoms with Gasteiger partial charge in [-0.15, -0.1) is 0 Å². The summed E-state index contributed by atoms with van der Waals surface area (Å²) in [6.07, 6.45) is 8.24. The number of amides is 1. The van der Waals surface area contributed by atoms with Crippen LogP contribution in [-0.2, 0) is 21.5 Å². The van der Waals surface area contributed by atoms with Gasteiger partial charge >= 0.3 is 0 Å². The Balaban J connectivity index is 1.43. The zero-order chi connectivity index (χ0) is 22.0. The van der Waals surface area contributed by atoms with Crippen molar-refractivity contribution in [1.82, 2.24) is 24.2 Å². The van der Waals surface area contributed by atoms with Gasteiger partial charge in [0.1, 0.15) is 6.33 Å². The van der Waals surface area contributed by atoms with Gasteiger partial charge in [-0.2, -0.15) is 5.10 Å². The lowest BCUT2D eigenvalue weighted by Crippen LogP contribution is -2.52. The van der Waals surface area contributed by atoms with Crippen molar-refractivity contribution < 1.29 is 9.53 Å². The SMILES string of the molecule is O=C(N1CCCC1Cn1nc(-n2ccnc2)ccc1=O)C1(c2ccccc2)CCOCC1. The summed E-state index contributed by atoms with van der Waals surface area (Å²) in [7, 11) is 0. The van der Waals surface area contributed by atoms with E-state index in [0.717, 1.165) is 18.4 Å². The molecule has 1 amide bonds. The minimum absolute atomic E-state index is 0.0610. The quantitative estimate of drug-likeness (QED) is 0.616. The van der Waals surface area contributed by atoms with Gasteiger partial charge in [-0.3, -0.25) is 14.2 Å². The van der Waals surface area contributed by atoms with Crippen LogP contribution in [0.3, 0.4) is 0 Å². The summed E-state index contributed by atoms with van der Waals surface area (Å²) in [5.41, 5.74) is 0.312. The summed E-state index contributed by atoms with van der Waals surface area (Å²) >= 11 is 0. The minimum atomic E-state index is -0.570. The van der Waals surface area contributed by atoms with E-state index >= 15 is 0 Å². The molecule has 1 aromatic carbocycles. The zero-order valence-corrected chi connectivity index (χ0v) is 18.0. The highest BCUT2D eigenvalue weighted by Crippen LogP contribution is 2.38. The van der Waals surface area contributed by atoms with E-state index in [4.69, 9.17) is 4.74 Å². The van der Waals surface area contributed by atoms with E-state index in [1.54, 1.807) is 29.4 Å². The highest BCUT2D eigenvalue weighted by Gasteiger charge is 2.46. The second kappa shape index (κ2) is 8.70. The molecule has 0 radical (unpaired) electrons. The zero-order valence-electron chi connectivity index (χ0n) is 18.0. The average Bonchev–Trinajstić information content (AvgIpc) is 3.54. The van der Waals surface area contributed by atoms with E-state index in [2.05, 4.69) is 22.2 Å². The lowest BCUT2D eigenvalue weighted by molar-refractivity contribution is -0.142. The third-order valence-electron chi connectivity index (χ3n) is 6.73. The molecule has 4 heterocycles. The fourth-order valence-corrected chi connectivity index (χ4v) is 4.97. The molecule has 2 aliphatic heterocycles. The molecule has 0 saturated carbocycles. The van der Waals surface area contributed by atoms with Gasteiger partial charge in [0.05, 0.1) is 18.0 Å². The summed E-state index contributed by atoms with van der Waals surface area (Å²) in [6, 6.07) is 13.2. The predicted molar refractivity (Wildman–Crippen MR) is 119 cm³/mol. The van der Waals surface area contributed by atoms with Crippen molar-refractivity contribution in [1.29, 1.82) is 0 Å². The lowest BCUT2D eigenvalue weighted by atomic mass is 9.73. The normalized spacial score (nSPS) is 20.4. The molecule has 3 aromatic rings. The number of carbonyl (C=O) groups excluding carboxylic acids is 1. The van der Waals surface area contributed by atoms with Crippen LogP contribution in [-0.4, -0.2) is 55.9 Å². The molecule has 2 aliphatic rings. The van der Waals surface area contributed by atoms with Crippen molar-refractivity contribution in [3.05, 3.63) is 77.1 Å². The van der Waals surface area contributed by atoms with Crippen LogP contribution in [0, 0.1) is 0 Å². The first-order valence-corrected chi connectivity index (χ1v) is 11.2. The molecule has 0 N–H and O–H groups in total. The van der Waals surface area contributed by atoms with Gasteiger partial charge in [0.2, 0.25) is 5.91 Å². The van der Waals surface area contributed by atoms with E-state index in [1.807, 2.05) is 23.1 Å². The van der Waals surface area contributed by atoms with Crippen LogP contribution in [0.15, 0.2) is 66.0 Å². The number of ether oxygens (including phenoxy) is 1. The average molecular weight is 434 g/mol. The Labute approximate surface area is 186 Å². The summed E-state index contributed by atoms with van der Waals surface area (Å²) in [4.78, 5) is 32.6. The van der Waals surface area contributed by atoms with Gasteiger partial charge in [-0.1, -0.05) is 30.3 Å². The van der Waals surface area contributed by atoms with Crippen LogP contribution in [0.4, 0.5) is 0 Å². The Morgan fingerprint density at radius 1 is 1.12 bits per heavy atom. The van der Waals surface area contributed by atoms with Crippen molar-refractivity contribution >= 4 is 5.91 Å². The van der Waals surface area contributed by atoms with Gasteiger partial charge < -0.3 is 9.64 Å². The molecule has 0 bridgehead atoms. The molecule has 8 heteroatoms. The number of hydrogen-bond acceptors (Lipinski definition) is 5. The number of rotatable bonds is 5. The molecule has 166 valence electrons. The molecule has 0 aliphatic carbocycles. The maximum absolute atomic E-state index is 14.0. The molecule has 1 unspecified atom stereocenters. The van der Waals surface area contributed by atoms with Gasteiger partial charge in [0.15, 0.2) is 5.82 Å². The molecule has 2 fully saturated rings. The van der Waals surface area contributed by atoms with Crippen molar-refractivity contribution in [2.45, 2.75) is 43.7 Å². The van der Waals surface area contributed by atoms with E-state index in [0.29, 0.717) is 45.0 Å². The molecule has 32 heavy (non-hydrogen) atoms. The molecule has 2 aromatic heterocycles. The molecule has 2 saturated heterocycles.